The second-order valence-electron chi connectivity index (χ2n) is 5.38. The number of para-hydroxylation sites is 1. The van der Waals surface area contributed by atoms with Crippen LogP contribution < -0.4 is 10.9 Å². The van der Waals surface area contributed by atoms with E-state index in [-0.39, 0.29) is 16.3 Å². The highest BCUT2D eigenvalue weighted by Crippen LogP contribution is 2.25. The molecule has 2 aromatic carbocycles. The van der Waals surface area contributed by atoms with E-state index < -0.39 is 22.4 Å². The van der Waals surface area contributed by atoms with Gasteiger partial charge in [-0.1, -0.05) is 29.8 Å². The van der Waals surface area contributed by atoms with Gasteiger partial charge >= 0.3 is 5.91 Å². The van der Waals surface area contributed by atoms with Crippen LogP contribution in [0, 0.1) is 17.0 Å². The van der Waals surface area contributed by atoms with Crippen molar-refractivity contribution in [2.75, 3.05) is 0 Å². The van der Waals surface area contributed by atoms with Crippen molar-refractivity contribution >= 4 is 40.1 Å². The normalized spacial score (nSPS) is 10.5. The first-order valence-electron chi connectivity index (χ1n) is 7.41. The molecule has 0 saturated heterocycles. The summed E-state index contributed by atoms with van der Waals surface area (Å²) in [6.45, 7) is 1.71. The van der Waals surface area contributed by atoms with Gasteiger partial charge in [0.25, 0.3) is 11.6 Å². The van der Waals surface area contributed by atoms with Crippen LogP contribution in [0.25, 0.3) is 11.0 Å². The van der Waals surface area contributed by atoms with Gasteiger partial charge in [0.05, 0.1) is 4.92 Å². The number of halogens is 1. The summed E-state index contributed by atoms with van der Waals surface area (Å²) in [5.41, 5.74) is 4.78. The molecule has 8 nitrogen and oxygen atoms in total. The molecule has 3 aromatic rings. The third kappa shape index (κ3) is 3.22. The highest BCUT2D eigenvalue weighted by Gasteiger charge is 2.22. The summed E-state index contributed by atoms with van der Waals surface area (Å²) in [5, 5.41) is 11.9. The molecule has 1 aromatic heterocycles. The van der Waals surface area contributed by atoms with Gasteiger partial charge in [0, 0.05) is 22.0 Å². The molecule has 132 valence electrons. The Balaban J connectivity index is 1.78. The zero-order chi connectivity index (χ0) is 18.8. The number of fused-ring (bicyclic) bond motifs is 1. The summed E-state index contributed by atoms with van der Waals surface area (Å²) in [6, 6.07) is 10.7. The Morgan fingerprint density at radius 1 is 1.12 bits per heavy atom. The summed E-state index contributed by atoms with van der Waals surface area (Å²) in [5.74, 6) is -1.49. The summed E-state index contributed by atoms with van der Waals surface area (Å²) < 4.78 is 5.49. The van der Waals surface area contributed by atoms with Gasteiger partial charge < -0.3 is 4.42 Å². The molecule has 0 saturated carbocycles. The fourth-order valence-electron chi connectivity index (χ4n) is 2.48. The molecule has 0 bridgehead atoms. The highest BCUT2D eigenvalue weighted by atomic mass is 35.5. The van der Waals surface area contributed by atoms with E-state index >= 15 is 0 Å². The van der Waals surface area contributed by atoms with Crippen LogP contribution in [0.1, 0.15) is 26.5 Å². The lowest BCUT2D eigenvalue weighted by Crippen LogP contribution is -2.41. The van der Waals surface area contributed by atoms with E-state index in [2.05, 4.69) is 10.9 Å². The zero-order valence-electron chi connectivity index (χ0n) is 13.4. The Hall–Kier alpha value is -3.39. The standard InChI is InChI=1S/C17H12ClN3O5/c1-9-11-4-2-3-5-14(11)26-15(9)17(23)20-19-16(22)12-7-6-10(18)8-13(12)21(24)25/h2-8H,1H3,(H,19,22)(H,20,23). The minimum Gasteiger partial charge on any atom is -0.451 e. The van der Waals surface area contributed by atoms with Gasteiger partial charge in [-0.3, -0.25) is 30.6 Å². The van der Waals surface area contributed by atoms with E-state index in [1.807, 2.05) is 6.07 Å². The fourth-order valence-corrected chi connectivity index (χ4v) is 2.64. The number of furan rings is 1. The molecule has 1 heterocycles. The second kappa shape index (κ2) is 6.85. The first-order chi connectivity index (χ1) is 12.4. The molecule has 26 heavy (non-hydrogen) atoms. The Morgan fingerprint density at radius 3 is 2.50 bits per heavy atom. The molecule has 3 rings (SSSR count). The number of hydrazine groups is 1. The second-order valence-corrected chi connectivity index (χ2v) is 5.82. The Bertz CT molecular complexity index is 1040. The van der Waals surface area contributed by atoms with Gasteiger partial charge in [-0.25, -0.2) is 0 Å². The Morgan fingerprint density at radius 2 is 1.81 bits per heavy atom. The van der Waals surface area contributed by atoms with Crippen molar-refractivity contribution in [2.45, 2.75) is 6.92 Å². The van der Waals surface area contributed by atoms with Crippen LogP contribution in [-0.4, -0.2) is 16.7 Å². The number of nitro groups is 1. The maximum Gasteiger partial charge on any atom is 0.305 e. The molecule has 0 spiro atoms. The quantitative estimate of drug-likeness (QED) is 0.539. The third-order valence-electron chi connectivity index (χ3n) is 3.74. The third-order valence-corrected chi connectivity index (χ3v) is 3.98. The van der Waals surface area contributed by atoms with Crippen LogP contribution in [0.15, 0.2) is 46.9 Å². The number of benzene rings is 2. The van der Waals surface area contributed by atoms with Gasteiger partial charge in [-0.15, -0.1) is 0 Å². The van der Waals surface area contributed by atoms with Crippen LogP contribution in [0.5, 0.6) is 0 Å². The van der Waals surface area contributed by atoms with E-state index in [1.165, 1.54) is 12.1 Å². The Labute approximate surface area is 151 Å². The lowest BCUT2D eigenvalue weighted by molar-refractivity contribution is -0.385. The van der Waals surface area contributed by atoms with E-state index in [1.54, 1.807) is 25.1 Å². The predicted molar refractivity (Wildman–Crippen MR) is 94.0 cm³/mol. The number of nitrogens with one attached hydrogen (secondary N) is 2. The van der Waals surface area contributed by atoms with Gasteiger partial charge in [0.1, 0.15) is 11.1 Å². The molecule has 0 unspecified atom stereocenters. The topological polar surface area (TPSA) is 114 Å². The number of carbonyl (C=O) groups excluding carboxylic acids is 2. The SMILES string of the molecule is Cc1c(C(=O)NNC(=O)c2ccc(Cl)cc2[N+](=O)[O-])oc2ccccc12. The molecule has 0 aliphatic rings. The summed E-state index contributed by atoms with van der Waals surface area (Å²) in [7, 11) is 0. The minimum absolute atomic E-state index is 0.0390. The number of carbonyl (C=O) groups is 2. The molecule has 9 heteroatoms. The molecule has 2 amide bonds. The number of aryl methyl sites for hydroxylation is 1. The number of amides is 2. The van der Waals surface area contributed by atoms with Gasteiger partial charge in [0.2, 0.25) is 0 Å². The fraction of sp³-hybridized carbons (Fsp3) is 0.0588. The number of nitrogens with zero attached hydrogens (tertiary/aromatic N) is 1. The average molecular weight is 374 g/mol. The lowest BCUT2D eigenvalue weighted by Gasteiger charge is -2.07. The lowest BCUT2D eigenvalue weighted by atomic mass is 10.1. The average Bonchev–Trinajstić information content (AvgIpc) is 2.96. The maximum atomic E-state index is 12.3. The highest BCUT2D eigenvalue weighted by molar-refractivity contribution is 6.31. The monoisotopic (exact) mass is 373 g/mol. The molecule has 0 radical (unpaired) electrons. The van der Waals surface area contributed by atoms with Gasteiger partial charge in [0.15, 0.2) is 5.76 Å². The first-order valence-corrected chi connectivity index (χ1v) is 7.79. The number of rotatable bonds is 3. The Kier molecular flexibility index (Phi) is 4.59. The van der Waals surface area contributed by atoms with Crippen molar-refractivity contribution < 1.29 is 18.9 Å². The predicted octanol–water partition coefficient (Wildman–Crippen LogP) is 3.38. The number of hydrogen-bond donors (Lipinski definition) is 2. The van der Waals surface area contributed by atoms with Crippen molar-refractivity contribution in [3.8, 4) is 0 Å². The number of nitro benzene ring substituents is 1. The van der Waals surface area contributed by atoms with Crippen molar-refractivity contribution in [1.29, 1.82) is 0 Å². The molecule has 0 atom stereocenters. The van der Waals surface area contributed by atoms with Crippen LogP contribution in [0.3, 0.4) is 0 Å². The number of hydrogen-bond acceptors (Lipinski definition) is 5. The van der Waals surface area contributed by atoms with Crippen molar-refractivity contribution in [2.24, 2.45) is 0 Å². The van der Waals surface area contributed by atoms with Crippen molar-refractivity contribution in [3.05, 3.63) is 74.5 Å². The van der Waals surface area contributed by atoms with Crippen molar-refractivity contribution in [3.63, 3.8) is 0 Å². The summed E-state index contributed by atoms with van der Waals surface area (Å²) >= 11 is 5.71. The van der Waals surface area contributed by atoms with E-state index in [0.717, 1.165) is 11.5 Å². The van der Waals surface area contributed by atoms with Crippen LogP contribution in [0.2, 0.25) is 5.02 Å². The molecule has 0 fully saturated rings. The molecule has 0 aliphatic heterocycles. The maximum absolute atomic E-state index is 12.3. The van der Waals surface area contributed by atoms with Crippen LogP contribution in [0.4, 0.5) is 5.69 Å². The largest absolute Gasteiger partial charge is 0.451 e. The zero-order valence-corrected chi connectivity index (χ0v) is 14.2. The van der Waals surface area contributed by atoms with Crippen LogP contribution in [-0.2, 0) is 0 Å². The van der Waals surface area contributed by atoms with E-state index in [0.29, 0.717) is 11.1 Å². The van der Waals surface area contributed by atoms with E-state index in [4.69, 9.17) is 16.0 Å². The molecular weight excluding hydrogens is 362 g/mol. The van der Waals surface area contributed by atoms with Gasteiger partial charge in [-0.2, -0.15) is 0 Å². The summed E-state index contributed by atoms with van der Waals surface area (Å²) in [4.78, 5) is 34.8. The smallest absolute Gasteiger partial charge is 0.305 e. The molecule has 0 aliphatic carbocycles. The van der Waals surface area contributed by atoms with Crippen LogP contribution >= 0.6 is 11.6 Å². The van der Waals surface area contributed by atoms with Gasteiger partial charge in [-0.05, 0) is 25.1 Å². The summed E-state index contributed by atoms with van der Waals surface area (Å²) in [6.07, 6.45) is 0. The van der Waals surface area contributed by atoms with E-state index in [9.17, 15) is 19.7 Å². The molecule has 2 N–H and O–H groups in total. The minimum atomic E-state index is -0.851. The van der Waals surface area contributed by atoms with Crippen molar-refractivity contribution in [1.82, 2.24) is 10.9 Å². The first kappa shape index (κ1) is 17.4. The molecular formula is C17H12ClN3O5.